The molecule has 1 saturated heterocycles. The number of rotatable bonds is 8. The number of hydrogen-bond acceptors (Lipinski definition) is 3. The number of carbonyl (C=O) groups is 2. The summed E-state index contributed by atoms with van der Waals surface area (Å²) >= 11 is 0. The van der Waals surface area contributed by atoms with Crippen molar-refractivity contribution >= 4 is 11.8 Å². The number of alkyl halides is 3. The number of hydrogen-bond donors (Lipinski definition) is 1. The Hall–Kier alpha value is -3.65. The third-order valence-electron chi connectivity index (χ3n) is 6.85. The van der Waals surface area contributed by atoms with Crippen molar-refractivity contribution in [1.29, 1.82) is 0 Å². The van der Waals surface area contributed by atoms with Gasteiger partial charge in [0.25, 0.3) is 5.91 Å². The van der Waals surface area contributed by atoms with Crippen LogP contribution in [0.2, 0.25) is 0 Å². The minimum absolute atomic E-state index is 0.0571. The summed E-state index contributed by atoms with van der Waals surface area (Å²) in [5, 5.41) is 2.68. The minimum atomic E-state index is -4.55. The molecule has 1 heterocycles. The van der Waals surface area contributed by atoms with Crippen LogP contribution >= 0.6 is 0 Å². The van der Waals surface area contributed by atoms with Gasteiger partial charge in [-0.3, -0.25) is 14.5 Å². The fourth-order valence-corrected chi connectivity index (χ4v) is 4.93. The average molecular weight is 524 g/mol. The second kappa shape index (κ2) is 12.3. The molecule has 0 aliphatic carbocycles. The van der Waals surface area contributed by atoms with E-state index in [-0.39, 0.29) is 17.5 Å². The predicted molar refractivity (Wildman–Crippen MR) is 140 cm³/mol. The van der Waals surface area contributed by atoms with Crippen molar-refractivity contribution in [3.05, 3.63) is 107 Å². The van der Waals surface area contributed by atoms with E-state index in [0.29, 0.717) is 39.0 Å². The first-order valence-electron chi connectivity index (χ1n) is 12.9. The maximum absolute atomic E-state index is 13.4. The highest BCUT2D eigenvalue weighted by atomic mass is 19.4. The van der Waals surface area contributed by atoms with Gasteiger partial charge < -0.3 is 10.2 Å². The molecule has 1 unspecified atom stereocenters. The maximum Gasteiger partial charge on any atom is 0.416 e. The Bertz CT molecular complexity index is 1170. The molecular formula is C30H32F3N3O2. The van der Waals surface area contributed by atoms with Crippen molar-refractivity contribution < 1.29 is 22.8 Å². The van der Waals surface area contributed by atoms with Gasteiger partial charge in [-0.25, -0.2) is 0 Å². The molecule has 1 aliphatic heterocycles. The van der Waals surface area contributed by atoms with Crippen molar-refractivity contribution in [1.82, 2.24) is 15.1 Å². The number of halogens is 3. The summed E-state index contributed by atoms with van der Waals surface area (Å²) in [5.74, 6) is -0.891. The molecule has 4 rings (SSSR count). The van der Waals surface area contributed by atoms with Crippen LogP contribution in [-0.2, 0) is 11.0 Å². The van der Waals surface area contributed by atoms with E-state index < -0.39 is 23.7 Å². The second-order valence-corrected chi connectivity index (χ2v) is 9.48. The molecule has 1 N–H and O–H groups in total. The van der Waals surface area contributed by atoms with Gasteiger partial charge in [-0.1, -0.05) is 80.1 Å². The number of carbonyl (C=O) groups excluding carboxylic acids is 2. The first kappa shape index (κ1) is 27.4. The average Bonchev–Trinajstić information content (AvgIpc) is 2.94. The van der Waals surface area contributed by atoms with Gasteiger partial charge in [-0.15, -0.1) is 0 Å². The SMILES string of the molecule is CCCC(NC(=O)c1cccc(C(F)(F)F)c1)C(=O)N1CCN(C(c2ccccc2)c2ccccc2)CC1. The van der Waals surface area contributed by atoms with E-state index in [9.17, 15) is 22.8 Å². The van der Waals surface area contributed by atoms with Gasteiger partial charge in [-0.05, 0) is 35.7 Å². The number of benzene rings is 3. The Morgan fingerprint density at radius 3 is 1.95 bits per heavy atom. The van der Waals surface area contributed by atoms with E-state index in [1.165, 1.54) is 23.3 Å². The normalized spacial score (nSPS) is 15.3. The summed E-state index contributed by atoms with van der Waals surface area (Å²) in [5.41, 5.74) is 1.34. The quantitative estimate of drug-likeness (QED) is 0.422. The van der Waals surface area contributed by atoms with Crippen molar-refractivity contribution in [3.63, 3.8) is 0 Å². The smallest absolute Gasteiger partial charge is 0.340 e. The molecule has 8 heteroatoms. The molecule has 0 bridgehead atoms. The first-order chi connectivity index (χ1) is 18.3. The second-order valence-electron chi connectivity index (χ2n) is 9.48. The van der Waals surface area contributed by atoms with Crippen LogP contribution in [0.5, 0.6) is 0 Å². The standard InChI is InChI=1S/C30H32F3N3O2/c1-2-10-26(34-28(37)24-15-9-16-25(21-24)30(31,32)33)29(38)36-19-17-35(18-20-36)27(22-11-5-3-6-12-22)23-13-7-4-8-14-23/h3-9,11-16,21,26-27H,2,10,17-20H2,1H3,(H,34,37). The van der Waals surface area contributed by atoms with E-state index in [0.717, 1.165) is 12.1 Å². The highest BCUT2D eigenvalue weighted by molar-refractivity contribution is 5.97. The predicted octanol–water partition coefficient (Wildman–Crippen LogP) is 5.54. The zero-order valence-corrected chi connectivity index (χ0v) is 21.3. The molecule has 0 radical (unpaired) electrons. The van der Waals surface area contributed by atoms with E-state index in [1.807, 2.05) is 43.3 Å². The summed E-state index contributed by atoms with van der Waals surface area (Å²) in [6.07, 6.45) is -3.50. The molecule has 2 amide bonds. The van der Waals surface area contributed by atoms with Crippen LogP contribution in [0.15, 0.2) is 84.9 Å². The Morgan fingerprint density at radius 1 is 0.842 bits per heavy atom. The summed E-state index contributed by atoms with van der Waals surface area (Å²) in [6, 6.07) is 24.0. The molecule has 0 saturated carbocycles. The van der Waals surface area contributed by atoms with Crippen molar-refractivity contribution in [3.8, 4) is 0 Å². The van der Waals surface area contributed by atoms with Gasteiger partial charge in [0.1, 0.15) is 6.04 Å². The fourth-order valence-electron chi connectivity index (χ4n) is 4.93. The summed E-state index contributed by atoms with van der Waals surface area (Å²) in [7, 11) is 0. The molecule has 200 valence electrons. The zero-order chi connectivity index (χ0) is 27.1. The fraction of sp³-hybridized carbons (Fsp3) is 0.333. The first-order valence-corrected chi connectivity index (χ1v) is 12.9. The maximum atomic E-state index is 13.4. The van der Waals surface area contributed by atoms with Crippen LogP contribution in [0, 0.1) is 0 Å². The van der Waals surface area contributed by atoms with Crippen LogP contribution in [-0.4, -0.2) is 53.8 Å². The molecule has 38 heavy (non-hydrogen) atoms. The lowest BCUT2D eigenvalue weighted by Gasteiger charge is -2.40. The molecule has 1 fully saturated rings. The van der Waals surface area contributed by atoms with Gasteiger partial charge in [-0.2, -0.15) is 13.2 Å². The van der Waals surface area contributed by atoms with Crippen molar-refractivity contribution in [2.75, 3.05) is 26.2 Å². The largest absolute Gasteiger partial charge is 0.416 e. The molecule has 1 aliphatic rings. The van der Waals surface area contributed by atoms with E-state index >= 15 is 0 Å². The molecule has 3 aromatic carbocycles. The number of amides is 2. The molecule has 5 nitrogen and oxygen atoms in total. The lowest BCUT2D eigenvalue weighted by atomic mass is 9.96. The Labute approximate surface area is 221 Å². The molecule has 1 atom stereocenters. The van der Waals surface area contributed by atoms with E-state index in [1.54, 1.807) is 4.90 Å². The van der Waals surface area contributed by atoms with Crippen molar-refractivity contribution in [2.24, 2.45) is 0 Å². The van der Waals surface area contributed by atoms with Crippen molar-refractivity contribution in [2.45, 2.75) is 38.0 Å². The highest BCUT2D eigenvalue weighted by Crippen LogP contribution is 2.30. The monoisotopic (exact) mass is 523 g/mol. The minimum Gasteiger partial charge on any atom is -0.340 e. The van der Waals surface area contributed by atoms with E-state index in [4.69, 9.17) is 0 Å². The molecule has 3 aromatic rings. The van der Waals surface area contributed by atoms with Gasteiger partial charge in [0.2, 0.25) is 5.91 Å². The third-order valence-corrected chi connectivity index (χ3v) is 6.85. The Kier molecular flexibility index (Phi) is 8.84. The van der Waals surface area contributed by atoms with Gasteiger partial charge in [0.05, 0.1) is 11.6 Å². The Morgan fingerprint density at radius 2 is 1.42 bits per heavy atom. The molecule has 0 spiro atoms. The summed E-state index contributed by atoms with van der Waals surface area (Å²) in [4.78, 5) is 30.3. The van der Waals surface area contributed by atoms with E-state index in [2.05, 4.69) is 34.5 Å². The van der Waals surface area contributed by atoms with Crippen LogP contribution in [0.3, 0.4) is 0 Å². The molecular weight excluding hydrogens is 491 g/mol. The van der Waals surface area contributed by atoms with Crippen LogP contribution in [0.4, 0.5) is 13.2 Å². The highest BCUT2D eigenvalue weighted by Gasteiger charge is 2.33. The summed E-state index contributed by atoms with van der Waals surface area (Å²) in [6.45, 7) is 4.20. The topological polar surface area (TPSA) is 52.7 Å². The van der Waals surface area contributed by atoms with Gasteiger partial charge in [0, 0.05) is 31.7 Å². The van der Waals surface area contributed by atoms with Crippen LogP contribution < -0.4 is 5.32 Å². The van der Waals surface area contributed by atoms with Gasteiger partial charge >= 0.3 is 6.18 Å². The summed E-state index contributed by atoms with van der Waals surface area (Å²) < 4.78 is 39.3. The lowest BCUT2D eigenvalue weighted by Crippen LogP contribution is -2.55. The van der Waals surface area contributed by atoms with Crippen LogP contribution in [0.25, 0.3) is 0 Å². The number of nitrogens with zero attached hydrogens (tertiary/aromatic N) is 2. The number of nitrogens with one attached hydrogen (secondary N) is 1. The Balaban J connectivity index is 1.44. The third kappa shape index (κ3) is 6.61. The van der Waals surface area contributed by atoms with Crippen LogP contribution in [0.1, 0.15) is 52.9 Å². The van der Waals surface area contributed by atoms with Gasteiger partial charge in [0.15, 0.2) is 0 Å². The lowest BCUT2D eigenvalue weighted by molar-refractivity contribution is -0.137. The zero-order valence-electron chi connectivity index (χ0n) is 21.3. The molecule has 0 aromatic heterocycles. The number of piperazine rings is 1.